The van der Waals surface area contributed by atoms with Gasteiger partial charge in [0.15, 0.2) is 0 Å². The minimum absolute atomic E-state index is 0.0524. The first-order valence-electron chi connectivity index (χ1n) is 6.45. The van der Waals surface area contributed by atoms with Crippen LogP contribution in [0.1, 0.15) is 20.8 Å². The number of nitrogens with zero attached hydrogens (tertiary/aromatic N) is 4. The number of nitrogens with one attached hydrogen (secondary N) is 1. The van der Waals surface area contributed by atoms with Gasteiger partial charge in [-0.05, 0) is 43.3 Å². The number of aromatic nitrogens is 4. The number of anilines is 1. The SMILES string of the molecule is CC(C)(C)OC(=O)C(=O)Nc1c(-n2cnnn2)ccc(Cl)c1Cl. The van der Waals surface area contributed by atoms with Crippen molar-refractivity contribution in [1.82, 2.24) is 20.2 Å². The molecular formula is C13H13Cl2N5O3. The highest BCUT2D eigenvalue weighted by molar-refractivity contribution is 6.45. The number of benzene rings is 1. The summed E-state index contributed by atoms with van der Waals surface area (Å²) in [6, 6.07) is 3.07. The number of hydrogen-bond acceptors (Lipinski definition) is 6. The monoisotopic (exact) mass is 357 g/mol. The average molecular weight is 358 g/mol. The highest BCUT2D eigenvalue weighted by Gasteiger charge is 2.25. The second-order valence-electron chi connectivity index (χ2n) is 5.47. The molecule has 0 radical (unpaired) electrons. The maximum atomic E-state index is 12.0. The quantitative estimate of drug-likeness (QED) is 0.653. The second-order valence-corrected chi connectivity index (χ2v) is 6.25. The molecule has 0 spiro atoms. The average Bonchev–Trinajstić information content (AvgIpc) is 2.96. The number of halogens is 2. The third-order valence-electron chi connectivity index (χ3n) is 2.49. The van der Waals surface area contributed by atoms with Crippen molar-refractivity contribution >= 4 is 40.8 Å². The molecule has 0 saturated carbocycles. The van der Waals surface area contributed by atoms with Gasteiger partial charge in [0.2, 0.25) is 0 Å². The van der Waals surface area contributed by atoms with Gasteiger partial charge in [0.05, 0.1) is 21.4 Å². The van der Waals surface area contributed by atoms with E-state index in [1.165, 1.54) is 17.1 Å². The van der Waals surface area contributed by atoms with E-state index in [9.17, 15) is 9.59 Å². The fraction of sp³-hybridized carbons (Fsp3) is 0.308. The fourth-order valence-electron chi connectivity index (χ4n) is 1.61. The number of carbonyl (C=O) groups is 2. The van der Waals surface area contributed by atoms with Crippen LogP contribution in [-0.4, -0.2) is 37.7 Å². The molecule has 2 rings (SSSR count). The van der Waals surface area contributed by atoms with E-state index in [4.69, 9.17) is 27.9 Å². The van der Waals surface area contributed by atoms with Gasteiger partial charge in [-0.1, -0.05) is 23.2 Å². The van der Waals surface area contributed by atoms with Crippen LogP contribution in [0.15, 0.2) is 18.5 Å². The number of rotatable bonds is 2. The molecule has 122 valence electrons. The summed E-state index contributed by atoms with van der Waals surface area (Å²) in [4.78, 5) is 23.8. The molecule has 10 heteroatoms. The molecule has 2 aromatic rings. The standard InChI is InChI=1S/C13H13Cl2N5O3/c1-13(2,3)23-12(22)11(21)17-10-8(20-6-16-18-19-20)5-4-7(14)9(10)15/h4-6H,1-3H3,(H,17,21). The molecule has 0 atom stereocenters. The Labute approximate surface area is 141 Å². The molecule has 1 amide bonds. The molecule has 8 nitrogen and oxygen atoms in total. The molecule has 0 aliphatic carbocycles. The summed E-state index contributed by atoms with van der Waals surface area (Å²) in [5.74, 6) is -2.03. The molecule has 0 unspecified atom stereocenters. The Bertz CT molecular complexity index is 741. The highest BCUT2D eigenvalue weighted by Crippen LogP contribution is 2.34. The van der Waals surface area contributed by atoms with E-state index in [-0.39, 0.29) is 15.7 Å². The second kappa shape index (κ2) is 6.51. The van der Waals surface area contributed by atoms with E-state index in [0.717, 1.165) is 0 Å². The minimum Gasteiger partial charge on any atom is -0.453 e. The van der Waals surface area contributed by atoms with E-state index in [2.05, 4.69) is 20.8 Å². The van der Waals surface area contributed by atoms with Crippen LogP contribution in [0.25, 0.3) is 5.69 Å². The molecular weight excluding hydrogens is 345 g/mol. The van der Waals surface area contributed by atoms with Gasteiger partial charge in [-0.15, -0.1) is 5.10 Å². The largest absolute Gasteiger partial charge is 0.453 e. The van der Waals surface area contributed by atoms with Crippen LogP contribution < -0.4 is 5.32 Å². The number of carbonyl (C=O) groups excluding carboxylic acids is 2. The zero-order valence-electron chi connectivity index (χ0n) is 12.5. The first-order valence-corrected chi connectivity index (χ1v) is 7.20. The molecule has 0 bridgehead atoms. The summed E-state index contributed by atoms with van der Waals surface area (Å²) in [5.41, 5.74) is -0.353. The van der Waals surface area contributed by atoms with E-state index in [0.29, 0.717) is 5.69 Å². The van der Waals surface area contributed by atoms with Crippen molar-refractivity contribution in [1.29, 1.82) is 0 Å². The van der Waals surface area contributed by atoms with Crippen molar-refractivity contribution in [3.63, 3.8) is 0 Å². The predicted octanol–water partition coefficient (Wildman–Crippen LogP) is 2.25. The third kappa shape index (κ3) is 4.17. The number of amides is 1. The lowest BCUT2D eigenvalue weighted by Crippen LogP contribution is -2.32. The normalized spacial score (nSPS) is 11.2. The van der Waals surface area contributed by atoms with Crippen molar-refractivity contribution in [2.45, 2.75) is 26.4 Å². The summed E-state index contributed by atoms with van der Waals surface area (Å²) in [5, 5.41) is 13.4. The lowest BCUT2D eigenvalue weighted by molar-refractivity contribution is -0.161. The number of ether oxygens (including phenoxy) is 1. The van der Waals surface area contributed by atoms with Crippen molar-refractivity contribution in [3.8, 4) is 5.69 Å². The van der Waals surface area contributed by atoms with Gasteiger partial charge in [0, 0.05) is 0 Å². The van der Waals surface area contributed by atoms with Crippen molar-refractivity contribution in [2.75, 3.05) is 5.32 Å². The molecule has 1 N–H and O–H groups in total. The van der Waals surface area contributed by atoms with Crippen LogP contribution in [0.4, 0.5) is 5.69 Å². The topological polar surface area (TPSA) is 99.0 Å². The van der Waals surface area contributed by atoms with Gasteiger partial charge in [-0.2, -0.15) is 4.68 Å². The zero-order valence-corrected chi connectivity index (χ0v) is 14.0. The molecule has 0 aliphatic rings. The van der Waals surface area contributed by atoms with Crippen LogP contribution >= 0.6 is 23.2 Å². The van der Waals surface area contributed by atoms with E-state index >= 15 is 0 Å². The predicted molar refractivity (Wildman–Crippen MR) is 83.6 cm³/mol. The first kappa shape index (κ1) is 17.2. The van der Waals surface area contributed by atoms with E-state index in [1.807, 2.05) is 0 Å². The maximum Gasteiger partial charge on any atom is 0.397 e. The first-order chi connectivity index (χ1) is 10.7. The Morgan fingerprint density at radius 1 is 1.26 bits per heavy atom. The highest BCUT2D eigenvalue weighted by atomic mass is 35.5. The Hall–Kier alpha value is -2.19. The zero-order chi connectivity index (χ0) is 17.2. The van der Waals surface area contributed by atoms with Crippen molar-refractivity contribution in [2.24, 2.45) is 0 Å². The van der Waals surface area contributed by atoms with Gasteiger partial charge in [-0.3, -0.25) is 4.79 Å². The van der Waals surface area contributed by atoms with Gasteiger partial charge in [0.1, 0.15) is 11.9 Å². The smallest absolute Gasteiger partial charge is 0.397 e. The Morgan fingerprint density at radius 3 is 2.52 bits per heavy atom. The summed E-state index contributed by atoms with van der Waals surface area (Å²) in [6.45, 7) is 4.95. The lowest BCUT2D eigenvalue weighted by atomic mass is 10.2. The Balaban J connectivity index is 2.34. The maximum absolute atomic E-state index is 12.0. The van der Waals surface area contributed by atoms with Crippen LogP contribution in [0.2, 0.25) is 10.0 Å². The molecule has 23 heavy (non-hydrogen) atoms. The number of tetrazole rings is 1. The summed E-state index contributed by atoms with van der Waals surface area (Å²) >= 11 is 12.1. The van der Waals surface area contributed by atoms with Crippen LogP contribution in [0, 0.1) is 0 Å². The molecule has 0 saturated heterocycles. The Morgan fingerprint density at radius 2 is 1.96 bits per heavy atom. The lowest BCUT2D eigenvalue weighted by Gasteiger charge is -2.19. The van der Waals surface area contributed by atoms with Gasteiger partial charge >= 0.3 is 11.9 Å². The van der Waals surface area contributed by atoms with Crippen LogP contribution in [0.5, 0.6) is 0 Å². The summed E-state index contributed by atoms with van der Waals surface area (Å²) < 4.78 is 6.27. The van der Waals surface area contributed by atoms with Crippen LogP contribution in [-0.2, 0) is 14.3 Å². The van der Waals surface area contributed by atoms with Crippen molar-refractivity contribution < 1.29 is 14.3 Å². The van der Waals surface area contributed by atoms with Gasteiger partial charge < -0.3 is 10.1 Å². The summed E-state index contributed by atoms with van der Waals surface area (Å²) in [6.07, 6.45) is 1.31. The molecule has 1 heterocycles. The van der Waals surface area contributed by atoms with Gasteiger partial charge in [0.25, 0.3) is 0 Å². The Kier molecular flexibility index (Phi) is 4.86. The number of hydrogen-bond donors (Lipinski definition) is 1. The third-order valence-corrected chi connectivity index (χ3v) is 3.30. The number of esters is 1. The van der Waals surface area contributed by atoms with Crippen molar-refractivity contribution in [3.05, 3.63) is 28.5 Å². The minimum atomic E-state index is -1.05. The van der Waals surface area contributed by atoms with E-state index < -0.39 is 17.5 Å². The van der Waals surface area contributed by atoms with Gasteiger partial charge in [-0.25, -0.2) is 4.79 Å². The van der Waals surface area contributed by atoms with E-state index in [1.54, 1.807) is 26.8 Å². The molecule has 1 aromatic carbocycles. The van der Waals surface area contributed by atoms with Crippen LogP contribution in [0.3, 0.4) is 0 Å². The fourth-order valence-corrected chi connectivity index (χ4v) is 1.98. The summed E-state index contributed by atoms with van der Waals surface area (Å²) in [7, 11) is 0. The molecule has 0 aliphatic heterocycles. The molecule has 0 fully saturated rings. The molecule has 1 aromatic heterocycles.